The zero-order valence-corrected chi connectivity index (χ0v) is 19.1. The van der Waals surface area contributed by atoms with Crippen LogP contribution in [-0.4, -0.2) is 78.2 Å². The SMILES string of the molecule is O=C1C=C(N2CC2)C(=O)C(N2CC2)=C1N1CC1.O[B]Oc1ccccc1-c1c(F)c(F)c(F)c(F)c1F. The first kappa shape index (κ1) is 24.8. The highest BCUT2D eigenvalue weighted by Gasteiger charge is 2.43. The monoisotopic (exact) mass is 518 g/mol. The van der Waals surface area contributed by atoms with Gasteiger partial charge in [0.15, 0.2) is 23.3 Å². The second-order valence-corrected chi connectivity index (χ2v) is 8.55. The molecule has 0 aromatic heterocycles. The molecule has 3 fully saturated rings. The summed E-state index contributed by atoms with van der Waals surface area (Å²) in [5.41, 5.74) is 0.377. The molecule has 37 heavy (non-hydrogen) atoms. The molecule has 0 atom stereocenters. The minimum absolute atomic E-state index is 0.00546. The van der Waals surface area contributed by atoms with Gasteiger partial charge in [0.25, 0.3) is 0 Å². The molecule has 1 aliphatic carbocycles. The quantitative estimate of drug-likeness (QED) is 0.157. The van der Waals surface area contributed by atoms with Gasteiger partial charge in [0.05, 0.1) is 11.3 Å². The van der Waals surface area contributed by atoms with Crippen LogP contribution in [0.2, 0.25) is 0 Å². The molecule has 191 valence electrons. The van der Waals surface area contributed by atoms with E-state index in [2.05, 4.69) is 4.65 Å². The molecule has 3 heterocycles. The molecule has 13 heteroatoms. The van der Waals surface area contributed by atoms with Gasteiger partial charge in [-0.3, -0.25) is 9.59 Å². The van der Waals surface area contributed by atoms with Crippen molar-refractivity contribution in [3.63, 3.8) is 0 Å². The molecule has 0 bridgehead atoms. The Bertz CT molecular complexity index is 1340. The average molecular weight is 518 g/mol. The van der Waals surface area contributed by atoms with Gasteiger partial charge in [-0.1, -0.05) is 18.2 Å². The van der Waals surface area contributed by atoms with Gasteiger partial charge in [-0.25, -0.2) is 22.0 Å². The number of allylic oxidation sites excluding steroid dienone is 1. The van der Waals surface area contributed by atoms with Gasteiger partial charge in [-0.15, -0.1) is 0 Å². The molecular weight excluding hydrogens is 500 g/mol. The summed E-state index contributed by atoms with van der Waals surface area (Å²) in [6.45, 7) is 5.41. The number of rotatable bonds is 6. The number of Topliss-reactive ketones (excluding diaryl/α,β-unsaturated/α-hetero) is 1. The van der Waals surface area contributed by atoms with E-state index in [0.29, 0.717) is 17.1 Å². The predicted molar refractivity (Wildman–Crippen MR) is 120 cm³/mol. The number of para-hydroxylation sites is 1. The van der Waals surface area contributed by atoms with E-state index in [4.69, 9.17) is 5.02 Å². The molecule has 6 rings (SSSR count). The van der Waals surface area contributed by atoms with Crippen molar-refractivity contribution in [1.29, 1.82) is 0 Å². The Labute approximate surface area is 208 Å². The topological polar surface area (TPSA) is 72.6 Å². The van der Waals surface area contributed by atoms with Crippen molar-refractivity contribution in [1.82, 2.24) is 14.7 Å². The summed E-state index contributed by atoms with van der Waals surface area (Å²) in [5.74, 6) is -10.5. The van der Waals surface area contributed by atoms with Gasteiger partial charge in [0.2, 0.25) is 17.4 Å². The molecule has 3 saturated heterocycles. The Morgan fingerprint density at radius 3 is 1.78 bits per heavy atom. The Morgan fingerprint density at radius 2 is 1.24 bits per heavy atom. The van der Waals surface area contributed by atoms with E-state index in [1.807, 2.05) is 14.7 Å². The van der Waals surface area contributed by atoms with E-state index in [9.17, 15) is 31.5 Å². The van der Waals surface area contributed by atoms with Gasteiger partial charge in [0.1, 0.15) is 17.1 Å². The molecular formula is C24H18BF5N3O4. The third-order valence-electron chi connectivity index (χ3n) is 6.03. The summed E-state index contributed by atoms with van der Waals surface area (Å²) in [4.78, 5) is 30.5. The van der Waals surface area contributed by atoms with Crippen LogP contribution in [-0.2, 0) is 9.59 Å². The van der Waals surface area contributed by atoms with Crippen molar-refractivity contribution < 1.29 is 41.2 Å². The van der Waals surface area contributed by atoms with Crippen molar-refractivity contribution in [2.75, 3.05) is 39.3 Å². The Kier molecular flexibility index (Phi) is 6.40. The van der Waals surface area contributed by atoms with Gasteiger partial charge in [-0.05, 0) is 6.07 Å². The zero-order valence-electron chi connectivity index (χ0n) is 19.1. The maximum absolute atomic E-state index is 13.7. The van der Waals surface area contributed by atoms with E-state index in [1.165, 1.54) is 24.3 Å². The predicted octanol–water partition coefficient (Wildman–Crippen LogP) is 2.13. The van der Waals surface area contributed by atoms with Crippen LogP contribution in [0.4, 0.5) is 22.0 Å². The van der Waals surface area contributed by atoms with Crippen molar-refractivity contribution in [2.45, 2.75) is 0 Å². The zero-order chi connectivity index (χ0) is 26.4. The summed E-state index contributed by atoms with van der Waals surface area (Å²) in [6.07, 6.45) is 1.52. The lowest BCUT2D eigenvalue weighted by molar-refractivity contribution is -0.117. The van der Waals surface area contributed by atoms with Crippen LogP contribution >= 0.6 is 0 Å². The molecule has 3 aliphatic heterocycles. The van der Waals surface area contributed by atoms with Crippen molar-refractivity contribution >= 4 is 19.3 Å². The normalized spacial score (nSPS) is 17.9. The lowest BCUT2D eigenvalue weighted by atomic mass is 10.0. The number of carbonyl (C=O) groups is 2. The molecule has 0 spiro atoms. The third kappa shape index (κ3) is 4.66. The van der Waals surface area contributed by atoms with E-state index in [-0.39, 0.29) is 30.6 Å². The van der Waals surface area contributed by atoms with Crippen molar-refractivity contribution in [2.24, 2.45) is 0 Å². The first-order valence-corrected chi connectivity index (χ1v) is 11.3. The molecule has 2 aromatic carbocycles. The fraction of sp³-hybridized carbons (Fsp3) is 0.250. The molecule has 0 unspecified atom stereocenters. The number of hydrogen-bond donors (Lipinski definition) is 1. The van der Waals surface area contributed by atoms with Crippen LogP contribution in [0.3, 0.4) is 0 Å². The van der Waals surface area contributed by atoms with Gasteiger partial charge >= 0.3 is 7.69 Å². The van der Waals surface area contributed by atoms with E-state index in [1.54, 1.807) is 0 Å². The van der Waals surface area contributed by atoms with Crippen LogP contribution < -0.4 is 4.65 Å². The van der Waals surface area contributed by atoms with Gasteiger partial charge < -0.3 is 24.4 Å². The maximum atomic E-state index is 13.7. The van der Waals surface area contributed by atoms with Crippen LogP contribution in [0.5, 0.6) is 5.75 Å². The molecule has 7 nitrogen and oxygen atoms in total. The summed E-state index contributed by atoms with van der Waals surface area (Å²) < 4.78 is 71.1. The molecule has 1 radical (unpaired) electrons. The highest BCUT2D eigenvalue weighted by atomic mass is 19.2. The average Bonchev–Trinajstić information content (AvgIpc) is 3.72. The third-order valence-corrected chi connectivity index (χ3v) is 6.03. The molecule has 4 aliphatic rings. The number of carbonyl (C=O) groups excluding carboxylic acids is 2. The maximum Gasteiger partial charge on any atom is 0.569 e. The largest absolute Gasteiger partial charge is 0.569 e. The minimum atomic E-state index is -2.24. The van der Waals surface area contributed by atoms with E-state index >= 15 is 0 Å². The molecule has 0 saturated carbocycles. The lowest BCUT2D eigenvalue weighted by Crippen LogP contribution is -2.29. The summed E-state index contributed by atoms with van der Waals surface area (Å²) in [7, 11) is 0.227. The Morgan fingerprint density at radius 1 is 0.730 bits per heavy atom. The standard InChI is InChI=1S/C12H5BF5O2.C12H13N3O2/c14-8-7(9(15)11(17)12(18)10(8)16)5-3-1-2-4-6(5)20-13-19;16-9-7-8(13-1-2-13)12(17)11(15-5-6-15)10(9)14-3-4-14/h1-4,19H;7H,1-6H2. The fourth-order valence-electron chi connectivity index (χ4n) is 3.95. The minimum Gasteiger partial charge on any atom is -0.537 e. The highest BCUT2D eigenvalue weighted by molar-refractivity contribution is 6.22. The van der Waals surface area contributed by atoms with Crippen LogP contribution in [0.25, 0.3) is 11.1 Å². The number of hydrogen-bond acceptors (Lipinski definition) is 7. The Hall–Kier alpha value is -3.87. The molecule has 2 aromatic rings. The second-order valence-electron chi connectivity index (χ2n) is 8.55. The Balaban J connectivity index is 0.000000153. The van der Waals surface area contributed by atoms with E-state index < -0.39 is 34.6 Å². The summed E-state index contributed by atoms with van der Waals surface area (Å²) >= 11 is 0. The van der Waals surface area contributed by atoms with Crippen molar-refractivity contribution in [3.05, 3.63) is 76.5 Å². The van der Waals surface area contributed by atoms with Crippen molar-refractivity contribution in [3.8, 4) is 16.9 Å². The van der Waals surface area contributed by atoms with Crippen LogP contribution in [0.15, 0.2) is 47.4 Å². The first-order chi connectivity index (χ1) is 17.7. The number of halogens is 5. The smallest absolute Gasteiger partial charge is 0.537 e. The lowest BCUT2D eigenvalue weighted by Gasteiger charge is -2.21. The van der Waals surface area contributed by atoms with Gasteiger partial charge in [0, 0.05) is 50.9 Å². The second kappa shape index (κ2) is 9.54. The summed E-state index contributed by atoms with van der Waals surface area (Å²) in [5, 5.41) is 8.54. The number of nitrogens with zero attached hydrogens (tertiary/aromatic N) is 3. The van der Waals surface area contributed by atoms with Gasteiger partial charge in [-0.2, -0.15) is 0 Å². The van der Waals surface area contributed by atoms with E-state index in [0.717, 1.165) is 45.3 Å². The fourth-order valence-corrected chi connectivity index (χ4v) is 3.95. The number of benzene rings is 2. The highest BCUT2D eigenvalue weighted by Crippen LogP contribution is 2.37. The number of ketones is 2. The molecule has 1 N–H and O–H groups in total. The first-order valence-electron chi connectivity index (χ1n) is 11.3. The van der Waals surface area contributed by atoms with Crippen LogP contribution in [0.1, 0.15) is 0 Å². The summed E-state index contributed by atoms with van der Waals surface area (Å²) in [6, 6.07) is 5.00. The van der Waals surface area contributed by atoms with Crippen LogP contribution in [0, 0.1) is 29.1 Å². The molecule has 0 amide bonds.